The number of hydrogen-bond donors (Lipinski definition) is 1. The number of methoxy groups -OCH3 is 1. The molecule has 0 unspecified atom stereocenters. The summed E-state index contributed by atoms with van der Waals surface area (Å²) in [6, 6.07) is 3.00. The first-order valence-corrected chi connectivity index (χ1v) is 4.37. The third kappa shape index (κ3) is 1.50. The van der Waals surface area contributed by atoms with Crippen molar-refractivity contribution in [2.24, 2.45) is 0 Å². The summed E-state index contributed by atoms with van der Waals surface area (Å²) in [5.74, 6) is -1.33. The molecular formula is C9H6ClNO4. The van der Waals surface area contributed by atoms with E-state index in [0.717, 1.165) is 0 Å². The maximum atomic E-state index is 11.2. The molecule has 15 heavy (non-hydrogen) atoms. The molecule has 0 aromatic carbocycles. The summed E-state index contributed by atoms with van der Waals surface area (Å²) in [5.41, 5.74) is 0.0976. The monoisotopic (exact) mass is 227 g/mol. The van der Waals surface area contributed by atoms with Crippen molar-refractivity contribution in [1.29, 1.82) is 0 Å². The Morgan fingerprint density at radius 2 is 2.33 bits per heavy atom. The predicted octanol–water partition coefficient (Wildman–Crippen LogP) is 1.97. The van der Waals surface area contributed by atoms with Crippen molar-refractivity contribution in [2.75, 3.05) is 7.11 Å². The Kier molecular flexibility index (Phi) is 2.24. The average Bonchev–Trinajstić information content (AvgIpc) is 2.54. The molecule has 0 aliphatic heterocycles. The van der Waals surface area contributed by atoms with E-state index >= 15 is 0 Å². The Hall–Kier alpha value is -1.75. The van der Waals surface area contributed by atoms with Gasteiger partial charge in [0.05, 0.1) is 12.5 Å². The predicted molar refractivity (Wildman–Crippen MR) is 52.0 cm³/mol. The number of nitrogens with zero attached hydrogens (tertiary/aromatic N) is 1. The Balaban J connectivity index is 2.69. The molecule has 2 aromatic heterocycles. The van der Waals surface area contributed by atoms with E-state index in [4.69, 9.17) is 16.0 Å². The third-order valence-corrected chi connectivity index (χ3v) is 2.08. The van der Waals surface area contributed by atoms with Gasteiger partial charge in [0.25, 0.3) is 5.76 Å². The highest BCUT2D eigenvalue weighted by molar-refractivity contribution is 6.29. The van der Waals surface area contributed by atoms with Gasteiger partial charge in [-0.3, -0.25) is 0 Å². The average molecular weight is 228 g/mol. The number of pyridine rings is 1. The van der Waals surface area contributed by atoms with E-state index in [-0.39, 0.29) is 22.4 Å². The number of rotatable bonds is 1. The SMILES string of the molecule is COC(=O)c1oc2nc(Cl)ccc2c1O. The molecule has 0 bridgehead atoms. The van der Waals surface area contributed by atoms with Crippen molar-refractivity contribution in [2.45, 2.75) is 0 Å². The van der Waals surface area contributed by atoms with Crippen molar-refractivity contribution in [3.05, 3.63) is 23.0 Å². The molecule has 2 rings (SSSR count). The van der Waals surface area contributed by atoms with Crippen LogP contribution >= 0.6 is 11.6 Å². The quantitative estimate of drug-likeness (QED) is 0.596. The highest BCUT2D eigenvalue weighted by atomic mass is 35.5. The van der Waals surface area contributed by atoms with Crippen LogP contribution in [0.1, 0.15) is 10.6 Å². The summed E-state index contributed by atoms with van der Waals surface area (Å²) in [4.78, 5) is 15.0. The number of fused-ring (bicyclic) bond motifs is 1. The number of furan rings is 1. The summed E-state index contributed by atoms with van der Waals surface area (Å²) in [6.07, 6.45) is 0. The fourth-order valence-corrected chi connectivity index (χ4v) is 1.31. The molecule has 1 N–H and O–H groups in total. The molecule has 78 valence electrons. The first-order valence-electron chi connectivity index (χ1n) is 4.00. The maximum Gasteiger partial charge on any atom is 0.378 e. The molecule has 0 saturated heterocycles. The van der Waals surface area contributed by atoms with Gasteiger partial charge in [0.1, 0.15) is 5.15 Å². The highest BCUT2D eigenvalue weighted by Gasteiger charge is 2.21. The second-order valence-electron chi connectivity index (χ2n) is 2.76. The largest absolute Gasteiger partial charge is 0.503 e. The summed E-state index contributed by atoms with van der Waals surface area (Å²) in [5, 5.41) is 10.1. The van der Waals surface area contributed by atoms with E-state index in [1.54, 1.807) is 0 Å². The molecule has 0 saturated carbocycles. The summed E-state index contributed by atoms with van der Waals surface area (Å²) >= 11 is 5.62. The van der Waals surface area contributed by atoms with Gasteiger partial charge in [0, 0.05) is 0 Å². The number of hydrogen-bond acceptors (Lipinski definition) is 5. The fourth-order valence-electron chi connectivity index (χ4n) is 1.17. The Morgan fingerprint density at radius 1 is 1.60 bits per heavy atom. The van der Waals surface area contributed by atoms with Crippen LogP contribution in [-0.4, -0.2) is 23.2 Å². The summed E-state index contributed by atoms with van der Waals surface area (Å²) in [7, 11) is 1.19. The number of carbonyl (C=O) groups is 1. The molecule has 0 aliphatic carbocycles. The standard InChI is InChI=1S/C9H6ClNO4/c1-14-9(13)7-6(12)4-2-3-5(10)11-8(4)15-7/h2-3,12H,1H3. The van der Waals surface area contributed by atoms with E-state index in [0.29, 0.717) is 5.39 Å². The normalized spacial score (nSPS) is 10.5. The molecule has 5 nitrogen and oxygen atoms in total. The highest BCUT2D eigenvalue weighted by Crippen LogP contribution is 2.31. The molecule has 0 amide bonds. The molecule has 0 fully saturated rings. The maximum absolute atomic E-state index is 11.2. The van der Waals surface area contributed by atoms with Crippen LogP contribution in [0.4, 0.5) is 0 Å². The van der Waals surface area contributed by atoms with E-state index in [2.05, 4.69) is 9.72 Å². The van der Waals surface area contributed by atoms with Crippen LogP contribution in [0, 0.1) is 0 Å². The topological polar surface area (TPSA) is 72.6 Å². The smallest absolute Gasteiger partial charge is 0.378 e. The molecule has 0 atom stereocenters. The van der Waals surface area contributed by atoms with E-state index < -0.39 is 5.97 Å². The zero-order valence-corrected chi connectivity index (χ0v) is 8.41. The minimum absolute atomic E-state index is 0.0976. The van der Waals surface area contributed by atoms with E-state index in [1.807, 2.05) is 0 Å². The van der Waals surface area contributed by atoms with Gasteiger partial charge in [-0.05, 0) is 12.1 Å². The van der Waals surface area contributed by atoms with Gasteiger partial charge in [-0.15, -0.1) is 0 Å². The lowest BCUT2D eigenvalue weighted by Gasteiger charge is -1.92. The van der Waals surface area contributed by atoms with Crippen LogP contribution in [0.3, 0.4) is 0 Å². The fraction of sp³-hybridized carbons (Fsp3) is 0.111. The Bertz CT molecular complexity index is 534. The van der Waals surface area contributed by atoms with Gasteiger partial charge >= 0.3 is 5.97 Å². The molecular weight excluding hydrogens is 222 g/mol. The number of ether oxygens (including phenoxy) is 1. The third-order valence-electron chi connectivity index (χ3n) is 1.87. The van der Waals surface area contributed by atoms with Crippen molar-refractivity contribution in [3.63, 3.8) is 0 Å². The lowest BCUT2D eigenvalue weighted by Crippen LogP contribution is -1.98. The summed E-state index contributed by atoms with van der Waals surface area (Å²) < 4.78 is 9.44. The second kappa shape index (κ2) is 3.43. The minimum atomic E-state index is -0.762. The van der Waals surface area contributed by atoms with Gasteiger partial charge < -0.3 is 14.3 Å². The molecule has 6 heteroatoms. The van der Waals surface area contributed by atoms with Crippen molar-refractivity contribution >= 4 is 28.7 Å². The molecule has 0 radical (unpaired) electrons. The number of aromatic hydroxyl groups is 1. The lowest BCUT2D eigenvalue weighted by molar-refractivity contribution is 0.0563. The Morgan fingerprint density at radius 3 is 3.00 bits per heavy atom. The van der Waals surface area contributed by atoms with Crippen molar-refractivity contribution < 1.29 is 19.1 Å². The first kappa shape index (κ1) is 9.79. The molecule has 2 aromatic rings. The van der Waals surface area contributed by atoms with Crippen LogP contribution in [0.5, 0.6) is 5.75 Å². The van der Waals surface area contributed by atoms with E-state index in [9.17, 15) is 9.90 Å². The van der Waals surface area contributed by atoms with Crippen LogP contribution in [0.15, 0.2) is 16.5 Å². The van der Waals surface area contributed by atoms with Gasteiger partial charge in [0.15, 0.2) is 5.75 Å². The van der Waals surface area contributed by atoms with Crippen molar-refractivity contribution in [3.8, 4) is 5.75 Å². The van der Waals surface area contributed by atoms with Crippen LogP contribution < -0.4 is 0 Å². The lowest BCUT2D eigenvalue weighted by atomic mass is 10.3. The van der Waals surface area contributed by atoms with Crippen LogP contribution in [-0.2, 0) is 4.74 Å². The molecule has 0 spiro atoms. The van der Waals surface area contributed by atoms with Gasteiger partial charge in [-0.25, -0.2) is 9.78 Å². The number of aromatic nitrogens is 1. The number of esters is 1. The number of carbonyl (C=O) groups excluding carboxylic acids is 1. The van der Waals surface area contributed by atoms with Gasteiger partial charge in [0.2, 0.25) is 5.71 Å². The van der Waals surface area contributed by atoms with Crippen molar-refractivity contribution in [1.82, 2.24) is 4.98 Å². The summed E-state index contributed by atoms with van der Waals surface area (Å²) in [6.45, 7) is 0. The zero-order valence-electron chi connectivity index (χ0n) is 7.65. The van der Waals surface area contributed by atoms with E-state index in [1.165, 1.54) is 19.2 Å². The Labute approximate surface area is 89.2 Å². The second-order valence-corrected chi connectivity index (χ2v) is 3.15. The first-order chi connectivity index (χ1) is 7.13. The minimum Gasteiger partial charge on any atom is -0.503 e. The number of halogens is 1. The van der Waals surface area contributed by atoms with Gasteiger partial charge in [-0.1, -0.05) is 11.6 Å². The zero-order chi connectivity index (χ0) is 11.0. The van der Waals surface area contributed by atoms with Crippen LogP contribution in [0.2, 0.25) is 5.15 Å². The van der Waals surface area contributed by atoms with Crippen LogP contribution in [0.25, 0.3) is 11.1 Å². The molecule has 0 aliphatic rings. The van der Waals surface area contributed by atoms with Gasteiger partial charge in [-0.2, -0.15) is 0 Å². The molecule has 2 heterocycles.